The molecule has 0 aliphatic carbocycles. The Labute approximate surface area is 101 Å². The highest BCUT2D eigenvalue weighted by Gasteiger charge is 2.18. The molecule has 4 heteroatoms. The van der Waals surface area contributed by atoms with E-state index in [9.17, 15) is 4.79 Å². The molecule has 1 amide bonds. The van der Waals surface area contributed by atoms with Crippen LogP contribution in [0.3, 0.4) is 0 Å². The summed E-state index contributed by atoms with van der Waals surface area (Å²) in [4.78, 5) is 17.9. The Morgan fingerprint density at radius 2 is 2.47 bits per heavy atom. The summed E-state index contributed by atoms with van der Waals surface area (Å²) in [6.45, 7) is 4.49. The van der Waals surface area contributed by atoms with E-state index in [1.54, 1.807) is 18.3 Å². The highest BCUT2D eigenvalue weighted by molar-refractivity contribution is 5.91. The Balaban J connectivity index is 1.94. The van der Waals surface area contributed by atoms with Gasteiger partial charge in [0, 0.05) is 37.9 Å². The molecule has 1 aliphatic rings. The molecular formula is C13H17N3O. The zero-order chi connectivity index (χ0) is 12.1. The van der Waals surface area contributed by atoms with Crippen LogP contribution in [0.15, 0.2) is 30.5 Å². The van der Waals surface area contributed by atoms with Crippen LogP contribution in [0.2, 0.25) is 0 Å². The van der Waals surface area contributed by atoms with Gasteiger partial charge in [0.15, 0.2) is 0 Å². The molecule has 1 aromatic rings. The lowest BCUT2D eigenvalue weighted by Gasteiger charge is -2.31. The molecule has 1 unspecified atom stereocenters. The van der Waals surface area contributed by atoms with Crippen molar-refractivity contribution in [3.8, 4) is 0 Å². The number of piperazine rings is 1. The van der Waals surface area contributed by atoms with E-state index in [1.807, 2.05) is 23.1 Å². The largest absolute Gasteiger partial charge is 0.336 e. The van der Waals surface area contributed by atoms with Crippen molar-refractivity contribution in [2.45, 2.75) is 13.0 Å². The summed E-state index contributed by atoms with van der Waals surface area (Å²) in [6, 6.07) is 6.02. The molecule has 17 heavy (non-hydrogen) atoms. The van der Waals surface area contributed by atoms with Crippen LogP contribution >= 0.6 is 0 Å². The second-order valence-corrected chi connectivity index (χ2v) is 4.23. The van der Waals surface area contributed by atoms with Crippen LogP contribution in [0.4, 0.5) is 0 Å². The van der Waals surface area contributed by atoms with Gasteiger partial charge in [0.05, 0.1) is 5.69 Å². The van der Waals surface area contributed by atoms with Crippen molar-refractivity contribution in [3.05, 3.63) is 36.2 Å². The molecule has 1 aliphatic heterocycles. The van der Waals surface area contributed by atoms with E-state index in [0.29, 0.717) is 6.04 Å². The summed E-state index contributed by atoms with van der Waals surface area (Å²) in [5.41, 5.74) is 0.809. The van der Waals surface area contributed by atoms with E-state index in [2.05, 4.69) is 17.2 Å². The second kappa shape index (κ2) is 5.59. The average Bonchev–Trinajstić information content (AvgIpc) is 2.37. The number of carbonyl (C=O) groups is 1. The van der Waals surface area contributed by atoms with Crippen LogP contribution in [0.1, 0.15) is 12.6 Å². The topological polar surface area (TPSA) is 45.2 Å². The lowest BCUT2D eigenvalue weighted by Crippen LogP contribution is -2.50. The summed E-state index contributed by atoms with van der Waals surface area (Å²) in [5, 5.41) is 3.31. The molecule has 1 N–H and O–H groups in total. The Morgan fingerprint density at radius 1 is 1.59 bits per heavy atom. The highest BCUT2D eigenvalue weighted by Crippen LogP contribution is 2.02. The Bertz CT molecular complexity index is 402. The van der Waals surface area contributed by atoms with Gasteiger partial charge in [-0.25, -0.2) is 0 Å². The van der Waals surface area contributed by atoms with E-state index in [4.69, 9.17) is 0 Å². The van der Waals surface area contributed by atoms with Crippen LogP contribution in [0, 0.1) is 0 Å². The minimum Gasteiger partial charge on any atom is -0.336 e. The normalized spacial score (nSPS) is 20.8. The van der Waals surface area contributed by atoms with Crippen molar-refractivity contribution < 1.29 is 4.79 Å². The zero-order valence-electron chi connectivity index (χ0n) is 9.97. The predicted octanol–water partition coefficient (Wildman–Crippen LogP) is 0.915. The molecule has 4 nitrogen and oxygen atoms in total. The molecule has 0 saturated carbocycles. The van der Waals surface area contributed by atoms with Crippen molar-refractivity contribution in [2.75, 3.05) is 19.6 Å². The van der Waals surface area contributed by atoms with Gasteiger partial charge in [-0.2, -0.15) is 0 Å². The van der Waals surface area contributed by atoms with Gasteiger partial charge in [-0.1, -0.05) is 6.07 Å². The van der Waals surface area contributed by atoms with Gasteiger partial charge in [0.2, 0.25) is 5.91 Å². The van der Waals surface area contributed by atoms with Crippen molar-refractivity contribution in [1.82, 2.24) is 15.2 Å². The first-order valence-electron chi connectivity index (χ1n) is 5.87. The fourth-order valence-electron chi connectivity index (χ4n) is 1.87. The van der Waals surface area contributed by atoms with Gasteiger partial charge >= 0.3 is 0 Å². The molecule has 90 valence electrons. The average molecular weight is 231 g/mol. The molecule has 0 bridgehead atoms. The summed E-state index contributed by atoms with van der Waals surface area (Å²) in [6.07, 6.45) is 5.08. The number of nitrogens with zero attached hydrogens (tertiary/aromatic N) is 2. The molecule has 0 spiro atoms. The van der Waals surface area contributed by atoms with Crippen LogP contribution in [0.5, 0.6) is 0 Å². The van der Waals surface area contributed by atoms with Gasteiger partial charge in [-0.15, -0.1) is 0 Å². The maximum Gasteiger partial charge on any atom is 0.246 e. The lowest BCUT2D eigenvalue weighted by atomic mass is 10.2. The Hall–Kier alpha value is -1.68. The Kier molecular flexibility index (Phi) is 3.88. The van der Waals surface area contributed by atoms with Crippen LogP contribution in [0.25, 0.3) is 6.08 Å². The first kappa shape index (κ1) is 11.8. The number of amides is 1. The number of nitrogens with one attached hydrogen (secondary N) is 1. The number of hydrogen-bond acceptors (Lipinski definition) is 3. The molecule has 1 atom stereocenters. The fraction of sp³-hybridized carbons (Fsp3) is 0.385. The van der Waals surface area contributed by atoms with E-state index >= 15 is 0 Å². The third-order valence-corrected chi connectivity index (χ3v) is 2.76. The molecule has 0 aromatic carbocycles. The standard InChI is InChI=1S/C13H17N3O/c1-11-10-16(9-8-14-11)13(17)6-5-12-4-2-3-7-15-12/h2-7,11,14H,8-10H2,1H3/b6-5+. The maximum absolute atomic E-state index is 11.9. The van der Waals surface area contributed by atoms with E-state index in [-0.39, 0.29) is 5.91 Å². The zero-order valence-corrected chi connectivity index (χ0v) is 9.97. The SMILES string of the molecule is CC1CN(C(=O)/C=C/c2ccccn2)CCN1. The predicted molar refractivity (Wildman–Crippen MR) is 67.3 cm³/mol. The van der Waals surface area contributed by atoms with Gasteiger partial charge < -0.3 is 10.2 Å². The summed E-state index contributed by atoms with van der Waals surface area (Å²) < 4.78 is 0. The Morgan fingerprint density at radius 3 is 3.18 bits per heavy atom. The first-order chi connectivity index (χ1) is 8.25. The lowest BCUT2D eigenvalue weighted by molar-refractivity contribution is -0.127. The summed E-state index contributed by atoms with van der Waals surface area (Å²) >= 11 is 0. The third kappa shape index (κ3) is 3.39. The minimum absolute atomic E-state index is 0.0593. The fourth-order valence-corrected chi connectivity index (χ4v) is 1.87. The monoisotopic (exact) mass is 231 g/mol. The number of carbonyl (C=O) groups excluding carboxylic acids is 1. The molecule has 1 aromatic heterocycles. The van der Waals surface area contributed by atoms with E-state index in [1.165, 1.54) is 0 Å². The highest BCUT2D eigenvalue weighted by atomic mass is 16.2. The number of hydrogen-bond donors (Lipinski definition) is 1. The van der Waals surface area contributed by atoms with Gasteiger partial charge in [0.25, 0.3) is 0 Å². The molecule has 0 radical (unpaired) electrons. The minimum atomic E-state index is 0.0593. The molecule has 2 rings (SSSR count). The third-order valence-electron chi connectivity index (χ3n) is 2.76. The summed E-state index contributed by atoms with van der Waals surface area (Å²) in [5.74, 6) is 0.0593. The second-order valence-electron chi connectivity index (χ2n) is 4.23. The van der Waals surface area contributed by atoms with Crippen LogP contribution in [-0.2, 0) is 4.79 Å². The number of pyridine rings is 1. The molecule has 2 heterocycles. The maximum atomic E-state index is 11.9. The quantitative estimate of drug-likeness (QED) is 0.770. The van der Waals surface area contributed by atoms with Crippen molar-refractivity contribution in [1.29, 1.82) is 0 Å². The number of rotatable bonds is 2. The molecule has 1 fully saturated rings. The molecular weight excluding hydrogens is 214 g/mol. The van der Waals surface area contributed by atoms with Crippen LogP contribution < -0.4 is 5.32 Å². The number of aromatic nitrogens is 1. The van der Waals surface area contributed by atoms with Gasteiger partial charge in [-0.3, -0.25) is 9.78 Å². The molecule has 1 saturated heterocycles. The van der Waals surface area contributed by atoms with E-state index in [0.717, 1.165) is 25.3 Å². The van der Waals surface area contributed by atoms with E-state index < -0.39 is 0 Å². The van der Waals surface area contributed by atoms with Gasteiger partial charge in [-0.05, 0) is 25.1 Å². The van der Waals surface area contributed by atoms with Crippen molar-refractivity contribution in [2.24, 2.45) is 0 Å². The summed E-state index contributed by atoms with van der Waals surface area (Å²) in [7, 11) is 0. The van der Waals surface area contributed by atoms with Crippen molar-refractivity contribution in [3.63, 3.8) is 0 Å². The first-order valence-corrected chi connectivity index (χ1v) is 5.87. The van der Waals surface area contributed by atoms with Crippen LogP contribution in [-0.4, -0.2) is 41.5 Å². The van der Waals surface area contributed by atoms with Crippen molar-refractivity contribution >= 4 is 12.0 Å². The van der Waals surface area contributed by atoms with Gasteiger partial charge in [0.1, 0.15) is 0 Å². The smallest absolute Gasteiger partial charge is 0.246 e.